The molecule has 0 saturated heterocycles. The van der Waals surface area contributed by atoms with Crippen molar-refractivity contribution in [3.05, 3.63) is 33.2 Å². The Bertz CT molecular complexity index is 294. The molecule has 0 aromatic carbocycles. The molecule has 0 unspecified atom stereocenters. The van der Waals surface area contributed by atoms with Crippen molar-refractivity contribution in [1.82, 2.24) is 15.3 Å². The van der Waals surface area contributed by atoms with Gasteiger partial charge in [0.1, 0.15) is 5.01 Å². The molecule has 0 amide bonds. The summed E-state index contributed by atoms with van der Waals surface area (Å²) in [5.74, 6) is 0. The average molecular weight is 211 g/mol. The lowest BCUT2D eigenvalue weighted by atomic mass is 10.5. The van der Waals surface area contributed by atoms with Crippen LogP contribution in [0.15, 0.2) is 23.3 Å². The molecule has 0 spiro atoms. The molecule has 2 aromatic heterocycles. The maximum Gasteiger partial charge on any atom is 0.106 e. The zero-order chi connectivity index (χ0) is 8.93. The molecule has 13 heavy (non-hydrogen) atoms. The van der Waals surface area contributed by atoms with E-state index in [0.29, 0.717) is 0 Å². The van der Waals surface area contributed by atoms with Gasteiger partial charge >= 0.3 is 0 Å². The Kier molecular flexibility index (Phi) is 3.02. The van der Waals surface area contributed by atoms with Gasteiger partial charge in [-0.05, 0) is 0 Å². The molecule has 2 aromatic rings. The summed E-state index contributed by atoms with van der Waals surface area (Å²) in [7, 11) is 0. The maximum absolute atomic E-state index is 4.18. The van der Waals surface area contributed by atoms with Crippen LogP contribution in [-0.2, 0) is 13.1 Å². The van der Waals surface area contributed by atoms with E-state index >= 15 is 0 Å². The molecule has 0 bridgehead atoms. The molecule has 0 atom stereocenters. The highest BCUT2D eigenvalue weighted by Crippen LogP contribution is 2.06. The van der Waals surface area contributed by atoms with Crippen molar-refractivity contribution in [3.63, 3.8) is 0 Å². The quantitative estimate of drug-likeness (QED) is 0.839. The van der Waals surface area contributed by atoms with Gasteiger partial charge in [0.2, 0.25) is 0 Å². The Labute approximate surface area is 84.5 Å². The zero-order valence-corrected chi connectivity index (χ0v) is 8.57. The number of thiazole rings is 2. The summed E-state index contributed by atoms with van der Waals surface area (Å²) in [6.07, 6.45) is 3.72. The van der Waals surface area contributed by atoms with E-state index in [-0.39, 0.29) is 0 Å². The molecule has 0 radical (unpaired) electrons. The molecular weight excluding hydrogens is 202 g/mol. The Morgan fingerprint density at radius 1 is 1.31 bits per heavy atom. The van der Waals surface area contributed by atoms with Gasteiger partial charge in [-0.2, -0.15) is 0 Å². The monoisotopic (exact) mass is 211 g/mol. The smallest absolute Gasteiger partial charge is 0.106 e. The molecule has 5 heteroatoms. The summed E-state index contributed by atoms with van der Waals surface area (Å²) >= 11 is 3.34. The fraction of sp³-hybridized carbons (Fsp3) is 0.250. The normalized spacial score (nSPS) is 10.5. The first-order valence-electron chi connectivity index (χ1n) is 3.91. The minimum atomic E-state index is 0.843. The van der Waals surface area contributed by atoms with Gasteiger partial charge < -0.3 is 5.32 Å². The molecule has 2 rings (SSSR count). The Balaban J connectivity index is 1.76. The van der Waals surface area contributed by atoms with Crippen LogP contribution in [0.2, 0.25) is 0 Å². The van der Waals surface area contributed by atoms with E-state index in [2.05, 4.69) is 15.3 Å². The first kappa shape index (κ1) is 8.80. The number of nitrogens with one attached hydrogen (secondary N) is 1. The van der Waals surface area contributed by atoms with Crippen LogP contribution >= 0.6 is 22.7 Å². The van der Waals surface area contributed by atoms with Crippen molar-refractivity contribution in [3.8, 4) is 0 Å². The SMILES string of the molecule is c1csc(CNCc2cncs2)n1. The van der Waals surface area contributed by atoms with Crippen LogP contribution in [0.3, 0.4) is 0 Å². The first-order chi connectivity index (χ1) is 6.45. The summed E-state index contributed by atoms with van der Waals surface area (Å²) < 4.78 is 0. The van der Waals surface area contributed by atoms with E-state index in [0.717, 1.165) is 18.1 Å². The third kappa shape index (κ3) is 2.58. The van der Waals surface area contributed by atoms with Crippen molar-refractivity contribution in [2.45, 2.75) is 13.1 Å². The molecular formula is C8H9N3S2. The van der Waals surface area contributed by atoms with Crippen LogP contribution < -0.4 is 5.32 Å². The number of hydrogen-bond acceptors (Lipinski definition) is 5. The Morgan fingerprint density at radius 3 is 3.00 bits per heavy atom. The first-order valence-corrected chi connectivity index (χ1v) is 5.67. The lowest BCUT2D eigenvalue weighted by Crippen LogP contribution is -2.11. The summed E-state index contributed by atoms with van der Waals surface area (Å²) in [6, 6.07) is 0. The van der Waals surface area contributed by atoms with Crippen molar-refractivity contribution >= 4 is 22.7 Å². The fourth-order valence-electron chi connectivity index (χ4n) is 0.962. The molecule has 3 nitrogen and oxygen atoms in total. The number of rotatable bonds is 4. The van der Waals surface area contributed by atoms with Gasteiger partial charge in [0.15, 0.2) is 0 Å². The second kappa shape index (κ2) is 4.45. The topological polar surface area (TPSA) is 37.8 Å². The van der Waals surface area contributed by atoms with Gasteiger partial charge in [0.25, 0.3) is 0 Å². The molecule has 2 heterocycles. The van der Waals surface area contributed by atoms with Crippen molar-refractivity contribution < 1.29 is 0 Å². The van der Waals surface area contributed by atoms with E-state index in [9.17, 15) is 0 Å². The number of nitrogens with zero attached hydrogens (tertiary/aromatic N) is 2. The summed E-state index contributed by atoms with van der Waals surface area (Å²) in [5, 5.41) is 6.43. The van der Waals surface area contributed by atoms with Crippen molar-refractivity contribution in [2.24, 2.45) is 0 Å². The molecule has 0 aliphatic carbocycles. The Hall–Kier alpha value is -0.780. The van der Waals surface area contributed by atoms with Gasteiger partial charge in [-0.15, -0.1) is 22.7 Å². The Morgan fingerprint density at radius 2 is 2.31 bits per heavy atom. The van der Waals surface area contributed by atoms with Crippen molar-refractivity contribution in [1.29, 1.82) is 0 Å². The van der Waals surface area contributed by atoms with Crippen LogP contribution in [0.1, 0.15) is 9.88 Å². The van der Waals surface area contributed by atoms with Gasteiger partial charge in [-0.25, -0.2) is 4.98 Å². The van der Waals surface area contributed by atoms with Gasteiger partial charge in [-0.3, -0.25) is 4.98 Å². The lowest BCUT2D eigenvalue weighted by Gasteiger charge is -1.97. The highest BCUT2D eigenvalue weighted by atomic mass is 32.1. The summed E-state index contributed by atoms with van der Waals surface area (Å²) in [5.41, 5.74) is 1.85. The van der Waals surface area contributed by atoms with Crippen LogP contribution in [0.4, 0.5) is 0 Å². The van der Waals surface area contributed by atoms with Gasteiger partial charge in [0.05, 0.1) is 5.51 Å². The van der Waals surface area contributed by atoms with E-state index in [1.165, 1.54) is 4.88 Å². The lowest BCUT2D eigenvalue weighted by molar-refractivity contribution is 0.696. The zero-order valence-electron chi connectivity index (χ0n) is 6.93. The predicted molar refractivity (Wildman–Crippen MR) is 54.8 cm³/mol. The number of aromatic nitrogens is 2. The highest BCUT2D eigenvalue weighted by molar-refractivity contribution is 7.09. The van der Waals surface area contributed by atoms with Crippen LogP contribution in [-0.4, -0.2) is 9.97 Å². The molecule has 0 aliphatic rings. The van der Waals surface area contributed by atoms with E-state index in [1.54, 1.807) is 22.7 Å². The standard InChI is InChI=1S/C8H9N3S2/c1-2-12-8(11-1)5-9-3-7-4-10-6-13-7/h1-2,4,6,9H,3,5H2. The molecule has 0 fully saturated rings. The largest absolute Gasteiger partial charge is 0.305 e. The average Bonchev–Trinajstić information content (AvgIpc) is 2.75. The molecule has 0 saturated carbocycles. The second-order valence-corrected chi connectivity index (χ2v) is 4.45. The third-order valence-corrected chi connectivity index (χ3v) is 3.10. The predicted octanol–water partition coefficient (Wildman–Crippen LogP) is 1.89. The minimum absolute atomic E-state index is 0.843. The van der Waals surface area contributed by atoms with Crippen LogP contribution in [0, 0.1) is 0 Å². The summed E-state index contributed by atoms with van der Waals surface area (Å²) in [6.45, 7) is 1.72. The molecule has 1 N–H and O–H groups in total. The van der Waals surface area contributed by atoms with Gasteiger partial charge in [0, 0.05) is 35.7 Å². The third-order valence-electron chi connectivity index (χ3n) is 1.54. The van der Waals surface area contributed by atoms with Gasteiger partial charge in [-0.1, -0.05) is 0 Å². The molecule has 0 aliphatic heterocycles. The van der Waals surface area contributed by atoms with Crippen molar-refractivity contribution in [2.75, 3.05) is 0 Å². The maximum atomic E-state index is 4.18. The summed E-state index contributed by atoms with van der Waals surface area (Å²) in [4.78, 5) is 9.44. The van der Waals surface area contributed by atoms with Crippen LogP contribution in [0.5, 0.6) is 0 Å². The molecule has 68 valence electrons. The number of hydrogen-bond donors (Lipinski definition) is 1. The minimum Gasteiger partial charge on any atom is -0.305 e. The van der Waals surface area contributed by atoms with E-state index in [4.69, 9.17) is 0 Å². The fourth-order valence-corrected chi connectivity index (χ4v) is 2.11. The van der Waals surface area contributed by atoms with E-state index < -0.39 is 0 Å². The van der Waals surface area contributed by atoms with E-state index in [1.807, 2.05) is 23.3 Å². The highest BCUT2D eigenvalue weighted by Gasteiger charge is 1.96. The van der Waals surface area contributed by atoms with Crippen LogP contribution in [0.25, 0.3) is 0 Å². The second-order valence-electron chi connectivity index (χ2n) is 2.50.